The molecule has 0 bridgehead atoms. The molecule has 0 saturated carbocycles. The van der Waals surface area contributed by atoms with Crippen LogP contribution in [0.4, 0.5) is 11.4 Å². The fourth-order valence-corrected chi connectivity index (χ4v) is 2.19. The SMILES string of the molecule is CCCCc1ccc(/N=N/c2ccc(OC[C@@H](C)CC)cc2)cc1. The maximum atomic E-state index is 5.75. The number of ether oxygens (including phenoxy) is 1. The van der Waals surface area contributed by atoms with E-state index >= 15 is 0 Å². The van der Waals surface area contributed by atoms with Crippen molar-refractivity contribution in [3.8, 4) is 5.75 Å². The summed E-state index contributed by atoms with van der Waals surface area (Å²) in [7, 11) is 0. The number of hydrogen-bond acceptors (Lipinski definition) is 3. The van der Waals surface area contributed by atoms with Crippen LogP contribution >= 0.6 is 0 Å². The Morgan fingerprint density at radius 2 is 1.46 bits per heavy atom. The molecule has 0 radical (unpaired) electrons. The quantitative estimate of drug-likeness (QED) is 0.463. The maximum Gasteiger partial charge on any atom is 0.119 e. The first-order valence-corrected chi connectivity index (χ1v) is 8.94. The van der Waals surface area contributed by atoms with Crippen molar-refractivity contribution in [2.45, 2.75) is 46.5 Å². The van der Waals surface area contributed by atoms with Crippen LogP contribution in [0.2, 0.25) is 0 Å². The molecule has 0 fully saturated rings. The van der Waals surface area contributed by atoms with E-state index in [1.165, 1.54) is 18.4 Å². The minimum atomic E-state index is 0.574. The van der Waals surface area contributed by atoms with Gasteiger partial charge in [-0.05, 0) is 60.7 Å². The molecule has 0 aromatic heterocycles. The fourth-order valence-electron chi connectivity index (χ4n) is 2.19. The van der Waals surface area contributed by atoms with E-state index in [4.69, 9.17) is 4.74 Å². The molecular weight excluding hydrogens is 296 g/mol. The molecule has 0 heterocycles. The second-order valence-electron chi connectivity index (χ2n) is 6.29. The van der Waals surface area contributed by atoms with Crippen LogP contribution in [0.3, 0.4) is 0 Å². The molecule has 1 atom stereocenters. The molecule has 0 aliphatic carbocycles. The van der Waals surface area contributed by atoms with E-state index in [0.717, 1.165) is 36.6 Å². The van der Waals surface area contributed by atoms with Crippen LogP contribution in [-0.4, -0.2) is 6.61 Å². The largest absolute Gasteiger partial charge is 0.493 e. The van der Waals surface area contributed by atoms with Gasteiger partial charge in [-0.15, -0.1) is 0 Å². The Morgan fingerprint density at radius 1 is 0.875 bits per heavy atom. The fraction of sp³-hybridized carbons (Fsp3) is 0.429. The van der Waals surface area contributed by atoms with Crippen LogP contribution in [0.15, 0.2) is 58.8 Å². The van der Waals surface area contributed by atoms with E-state index < -0.39 is 0 Å². The average Bonchev–Trinajstić information content (AvgIpc) is 2.64. The third-order valence-corrected chi connectivity index (χ3v) is 4.10. The van der Waals surface area contributed by atoms with Crippen molar-refractivity contribution in [1.29, 1.82) is 0 Å². The molecule has 3 heteroatoms. The summed E-state index contributed by atoms with van der Waals surface area (Å²) < 4.78 is 5.75. The summed E-state index contributed by atoms with van der Waals surface area (Å²) in [6, 6.07) is 16.1. The Hall–Kier alpha value is -2.16. The molecule has 0 saturated heterocycles. The highest BCUT2D eigenvalue weighted by atomic mass is 16.5. The standard InChI is InChI=1S/C21H28N2O/c1-4-6-7-18-8-10-19(11-9-18)22-23-20-12-14-21(15-13-20)24-16-17(3)5-2/h8-15,17H,4-7,16H2,1-3H3/b23-22+/t17-/m0/s1. The smallest absolute Gasteiger partial charge is 0.119 e. The van der Waals surface area contributed by atoms with Gasteiger partial charge < -0.3 is 4.74 Å². The lowest BCUT2D eigenvalue weighted by molar-refractivity contribution is 0.256. The molecule has 0 amide bonds. The van der Waals surface area contributed by atoms with Crippen molar-refractivity contribution < 1.29 is 4.74 Å². The number of rotatable bonds is 9. The van der Waals surface area contributed by atoms with Gasteiger partial charge in [0.15, 0.2) is 0 Å². The first kappa shape index (κ1) is 18.2. The van der Waals surface area contributed by atoms with Gasteiger partial charge in [0.05, 0.1) is 18.0 Å². The van der Waals surface area contributed by atoms with Gasteiger partial charge in [0, 0.05) is 0 Å². The Labute approximate surface area is 145 Å². The summed E-state index contributed by atoms with van der Waals surface area (Å²) in [5, 5.41) is 8.59. The number of benzene rings is 2. The number of hydrogen-bond donors (Lipinski definition) is 0. The van der Waals surface area contributed by atoms with Crippen LogP contribution in [0.25, 0.3) is 0 Å². The molecule has 0 aliphatic rings. The van der Waals surface area contributed by atoms with Crippen molar-refractivity contribution in [3.63, 3.8) is 0 Å². The highest BCUT2D eigenvalue weighted by Crippen LogP contribution is 2.22. The molecule has 2 rings (SSSR count). The molecule has 2 aromatic carbocycles. The topological polar surface area (TPSA) is 34.0 Å². The Morgan fingerprint density at radius 3 is 2.00 bits per heavy atom. The van der Waals surface area contributed by atoms with Gasteiger partial charge in [-0.2, -0.15) is 10.2 Å². The zero-order valence-electron chi connectivity index (χ0n) is 15.0. The van der Waals surface area contributed by atoms with E-state index in [2.05, 4.69) is 43.1 Å². The van der Waals surface area contributed by atoms with Gasteiger partial charge >= 0.3 is 0 Å². The zero-order chi connectivity index (χ0) is 17.2. The van der Waals surface area contributed by atoms with Crippen molar-refractivity contribution in [1.82, 2.24) is 0 Å². The first-order chi connectivity index (χ1) is 11.7. The number of unbranched alkanes of at least 4 members (excludes halogenated alkanes) is 1. The maximum absolute atomic E-state index is 5.75. The number of azo groups is 1. The van der Waals surface area contributed by atoms with Gasteiger partial charge in [-0.25, -0.2) is 0 Å². The van der Waals surface area contributed by atoms with Crippen molar-refractivity contribution >= 4 is 11.4 Å². The summed E-state index contributed by atoms with van der Waals surface area (Å²) in [5.41, 5.74) is 3.08. The van der Waals surface area contributed by atoms with E-state index in [1.807, 2.05) is 36.4 Å². The van der Waals surface area contributed by atoms with Gasteiger partial charge in [0.25, 0.3) is 0 Å². The summed E-state index contributed by atoms with van der Waals surface area (Å²) in [5.74, 6) is 1.46. The van der Waals surface area contributed by atoms with Crippen molar-refractivity contribution in [2.24, 2.45) is 16.1 Å². The van der Waals surface area contributed by atoms with Crippen LogP contribution in [-0.2, 0) is 6.42 Å². The number of nitrogens with zero attached hydrogens (tertiary/aromatic N) is 2. The lowest BCUT2D eigenvalue weighted by atomic mass is 10.1. The lowest BCUT2D eigenvalue weighted by Crippen LogP contribution is -2.06. The molecule has 128 valence electrons. The zero-order valence-corrected chi connectivity index (χ0v) is 15.0. The molecule has 2 aromatic rings. The second kappa shape index (κ2) is 9.86. The normalized spacial score (nSPS) is 12.5. The Balaban J connectivity index is 1.89. The summed E-state index contributed by atoms with van der Waals surface area (Å²) in [6.45, 7) is 7.33. The predicted octanol–water partition coefficient (Wildman–Crippen LogP) is 6.87. The van der Waals surface area contributed by atoms with Crippen LogP contribution in [0.5, 0.6) is 5.75 Å². The summed E-state index contributed by atoms with van der Waals surface area (Å²) in [4.78, 5) is 0. The highest BCUT2D eigenvalue weighted by molar-refractivity contribution is 5.43. The first-order valence-electron chi connectivity index (χ1n) is 8.94. The minimum Gasteiger partial charge on any atom is -0.493 e. The third kappa shape index (κ3) is 6.15. The van der Waals surface area contributed by atoms with Crippen LogP contribution in [0, 0.1) is 5.92 Å². The average molecular weight is 324 g/mol. The molecule has 0 N–H and O–H groups in total. The monoisotopic (exact) mass is 324 g/mol. The Kier molecular flexibility index (Phi) is 7.47. The second-order valence-corrected chi connectivity index (χ2v) is 6.29. The van der Waals surface area contributed by atoms with E-state index in [-0.39, 0.29) is 0 Å². The molecule has 24 heavy (non-hydrogen) atoms. The van der Waals surface area contributed by atoms with E-state index in [0.29, 0.717) is 5.92 Å². The molecule has 0 aliphatic heterocycles. The van der Waals surface area contributed by atoms with Crippen molar-refractivity contribution in [2.75, 3.05) is 6.61 Å². The molecule has 0 unspecified atom stereocenters. The van der Waals surface area contributed by atoms with Gasteiger partial charge in [0.2, 0.25) is 0 Å². The van der Waals surface area contributed by atoms with Gasteiger partial charge in [-0.3, -0.25) is 0 Å². The predicted molar refractivity (Wildman–Crippen MR) is 101 cm³/mol. The van der Waals surface area contributed by atoms with Gasteiger partial charge in [0.1, 0.15) is 5.75 Å². The lowest BCUT2D eigenvalue weighted by Gasteiger charge is -2.10. The summed E-state index contributed by atoms with van der Waals surface area (Å²) >= 11 is 0. The summed E-state index contributed by atoms with van der Waals surface area (Å²) in [6.07, 6.45) is 4.71. The third-order valence-electron chi connectivity index (χ3n) is 4.10. The molecule has 0 spiro atoms. The van der Waals surface area contributed by atoms with E-state index in [1.54, 1.807) is 0 Å². The number of aryl methyl sites for hydroxylation is 1. The highest BCUT2D eigenvalue weighted by Gasteiger charge is 2.00. The molecule has 3 nitrogen and oxygen atoms in total. The van der Waals surface area contributed by atoms with Gasteiger partial charge in [-0.1, -0.05) is 45.7 Å². The van der Waals surface area contributed by atoms with E-state index in [9.17, 15) is 0 Å². The minimum absolute atomic E-state index is 0.574. The van der Waals surface area contributed by atoms with Crippen LogP contribution < -0.4 is 4.74 Å². The molecular formula is C21H28N2O. The van der Waals surface area contributed by atoms with Crippen molar-refractivity contribution in [3.05, 3.63) is 54.1 Å². The Bertz CT molecular complexity index is 617. The van der Waals surface area contributed by atoms with Crippen LogP contribution in [0.1, 0.15) is 45.6 Å².